The molecule has 0 bridgehead atoms. The van der Waals surface area contributed by atoms with E-state index in [-0.39, 0.29) is 15.8 Å². The number of carbonyl (C=O) groups is 2. The van der Waals surface area contributed by atoms with Crippen molar-refractivity contribution in [3.05, 3.63) is 75.9 Å². The van der Waals surface area contributed by atoms with Gasteiger partial charge < -0.3 is 16.2 Å². The molecule has 0 saturated carbocycles. The minimum atomic E-state index is -4.84. The number of rotatable bonds is 6. The summed E-state index contributed by atoms with van der Waals surface area (Å²) in [4.78, 5) is 23.9. The first kappa shape index (κ1) is 25.6. The summed E-state index contributed by atoms with van der Waals surface area (Å²) < 4.78 is 82.7. The van der Waals surface area contributed by atoms with Crippen LogP contribution in [0.1, 0.15) is 50.5 Å². The van der Waals surface area contributed by atoms with Gasteiger partial charge in [-0.1, -0.05) is 6.07 Å². The Morgan fingerprint density at radius 1 is 1.14 bits per heavy atom. The van der Waals surface area contributed by atoms with Gasteiger partial charge in [0.15, 0.2) is 17.3 Å². The average Bonchev–Trinajstić information content (AvgIpc) is 3.08. The molecule has 0 aliphatic heterocycles. The summed E-state index contributed by atoms with van der Waals surface area (Å²) in [5.41, 5.74) is 2.00. The van der Waals surface area contributed by atoms with E-state index in [1.807, 2.05) is 0 Å². The molecule has 0 radical (unpaired) electrons. The van der Waals surface area contributed by atoms with Gasteiger partial charge in [0, 0.05) is 12.1 Å². The maximum atomic E-state index is 14.9. The Morgan fingerprint density at radius 2 is 1.74 bits per heavy atom. The molecular weight excluding hydrogens is 482 g/mol. The SMILES string of the molecule is Cc1ccc(F)cc1C(=O)NCc1cc(F)c(-n2nc(C(C)C(F)(F)F)c(N)c2C(=O)O)c(F)c1. The molecule has 13 heteroatoms. The van der Waals surface area contributed by atoms with Gasteiger partial charge in [-0.05, 0) is 49.2 Å². The van der Waals surface area contributed by atoms with Crippen molar-refractivity contribution < 1.29 is 41.0 Å². The molecule has 1 heterocycles. The van der Waals surface area contributed by atoms with E-state index in [4.69, 9.17) is 5.73 Å². The smallest absolute Gasteiger partial charge is 0.397 e. The Hall–Kier alpha value is -4.03. The van der Waals surface area contributed by atoms with E-state index in [1.54, 1.807) is 6.92 Å². The molecule has 1 atom stereocenters. The summed E-state index contributed by atoms with van der Waals surface area (Å²) in [6.45, 7) is 1.84. The molecule has 7 nitrogen and oxygen atoms in total. The number of nitrogens with zero attached hydrogens (tertiary/aromatic N) is 2. The summed E-state index contributed by atoms with van der Waals surface area (Å²) in [6, 6.07) is 5.01. The number of nitrogens with one attached hydrogen (secondary N) is 1. The molecule has 1 amide bonds. The zero-order valence-electron chi connectivity index (χ0n) is 18.2. The highest BCUT2D eigenvalue weighted by molar-refractivity contribution is 5.95. The Balaban J connectivity index is 1.96. The fourth-order valence-corrected chi connectivity index (χ4v) is 3.33. The van der Waals surface area contributed by atoms with Gasteiger partial charge in [-0.2, -0.15) is 18.3 Å². The number of aryl methyl sites for hydroxylation is 1. The van der Waals surface area contributed by atoms with Crippen molar-refractivity contribution in [3.8, 4) is 5.69 Å². The Bertz CT molecular complexity index is 1300. The molecule has 0 spiro atoms. The lowest BCUT2D eigenvalue weighted by Crippen LogP contribution is -2.24. The number of benzene rings is 2. The van der Waals surface area contributed by atoms with E-state index in [2.05, 4.69) is 10.4 Å². The van der Waals surface area contributed by atoms with Gasteiger partial charge in [0.1, 0.15) is 11.5 Å². The molecule has 2 aromatic carbocycles. The summed E-state index contributed by atoms with van der Waals surface area (Å²) in [5.74, 6) is -8.27. The number of anilines is 1. The van der Waals surface area contributed by atoms with Crippen molar-refractivity contribution in [1.29, 1.82) is 0 Å². The third-order valence-corrected chi connectivity index (χ3v) is 5.24. The number of hydrogen-bond acceptors (Lipinski definition) is 4. The second-order valence-electron chi connectivity index (χ2n) is 7.68. The van der Waals surface area contributed by atoms with Crippen LogP contribution in [0.4, 0.5) is 32.0 Å². The number of aromatic carboxylic acids is 1. The molecule has 0 aliphatic carbocycles. The lowest BCUT2D eigenvalue weighted by Gasteiger charge is -2.13. The molecule has 1 unspecified atom stereocenters. The molecule has 3 rings (SSSR count). The average molecular weight is 500 g/mol. The molecule has 1 aromatic heterocycles. The van der Waals surface area contributed by atoms with Crippen LogP contribution in [0.25, 0.3) is 5.69 Å². The number of halogens is 6. The molecular formula is C22H18F6N4O3. The predicted octanol–water partition coefficient (Wildman–Crippen LogP) is 4.47. The minimum absolute atomic E-state index is 0.00648. The predicted molar refractivity (Wildman–Crippen MR) is 112 cm³/mol. The number of nitrogen functional groups attached to an aromatic ring is 1. The summed E-state index contributed by atoms with van der Waals surface area (Å²) in [5, 5.41) is 15.2. The summed E-state index contributed by atoms with van der Waals surface area (Å²) in [7, 11) is 0. The number of nitrogens with two attached hydrogens (primary N) is 1. The number of carboxylic acid groups (broad SMARTS) is 1. The van der Waals surface area contributed by atoms with Gasteiger partial charge >= 0.3 is 12.1 Å². The maximum Gasteiger partial charge on any atom is 0.397 e. The van der Waals surface area contributed by atoms with Crippen LogP contribution in [0.5, 0.6) is 0 Å². The van der Waals surface area contributed by atoms with Crippen LogP contribution in [0.15, 0.2) is 30.3 Å². The Labute approximate surface area is 194 Å². The third-order valence-electron chi connectivity index (χ3n) is 5.24. The topological polar surface area (TPSA) is 110 Å². The van der Waals surface area contributed by atoms with E-state index in [1.165, 1.54) is 6.07 Å². The first-order valence-corrected chi connectivity index (χ1v) is 9.93. The normalized spacial score (nSPS) is 12.5. The van der Waals surface area contributed by atoms with Crippen molar-refractivity contribution >= 4 is 17.6 Å². The summed E-state index contributed by atoms with van der Waals surface area (Å²) >= 11 is 0. The number of aromatic nitrogens is 2. The van der Waals surface area contributed by atoms with E-state index >= 15 is 0 Å². The van der Waals surface area contributed by atoms with Crippen molar-refractivity contribution in [2.75, 3.05) is 5.73 Å². The fraction of sp³-hybridized carbons (Fsp3) is 0.227. The van der Waals surface area contributed by atoms with Crippen LogP contribution in [0, 0.1) is 24.4 Å². The van der Waals surface area contributed by atoms with E-state index < -0.39 is 70.7 Å². The summed E-state index contributed by atoms with van der Waals surface area (Å²) in [6.07, 6.45) is -4.84. The van der Waals surface area contributed by atoms with Crippen molar-refractivity contribution in [2.24, 2.45) is 0 Å². The third kappa shape index (κ3) is 5.08. The molecule has 35 heavy (non-hydrogen) atoms. The maximum absolute atomic E-state index is 14.9. The Morgan fingerprint density at radius 3 is 2.29 bits per heavy atom. The fourth-order valence-electron chi connectivity index (χ4n) is 3.33. The number of carbonyl (C=O) groups excluding carboxylic acids is 1. The number of hydrogen-bond donors (Lipinski definition) is 3. The molecule has 186 valence electrons. The monoisotopic (exact) mass is 500 g/mol. The zero-order valence-corrected chi connectivity index (χ0v) is 18.2. The van der Waals surface area contributed by atoms with Gasteiger partial charge in [-0.25, -0.2) is 22.6 Å². The Kier molecular flexibility index (Phi) is 6.81. The highest BCUT2D eigenvalue weighted by Crippen LogP contribution is 2.38. The lowest BCUT2D eigenvalue weighted by molar-refractivity contribution is -0.147. The highest BCUT2D eigenvalue weighted by Gasteiger charge is 2.42. The van der Waals surface area contributed by atoms with Crippen molar-refractivity contribution in [3.63, 3.8) is 0 Å². The van der Waals surface area contributed by atoms with Crippen LogP contribution >= 0.6 is 0 Å². The number of carboxylic acids is 1. The van der Waals surface area contributed by atoms with Crippen molar-refractivity contribution in [1.82, 2.24) is 15.1 Å². The van der Waals surface area contributed by atoms with E-state index in [0.717, 1.165) is 24.3 Å². The molecule has 4 N–H and O–H groups in total. The molecule has 0 saturated heterocycles. The van der Waals surface area contributed by atoms with Crippen LogP contribution in [-0.4, -0.2) is 32.9 Å². The number of alkyl halides is 3. The van der Waals surface area contributed by atoms with Gasteiger partial charge in [0.25, 0.3) is 5.91 Å². The van der Waals surface area contributed by atoms with E-state index in [9.17, 15) is 41.0 Å². The van der Waals surface area contributed by atoms with Crippen LogP contribution in [0.3, 0.4) is 0 Å². The quantitative estimate of drug-likeness (QED) is 0.433. The minimum Gasteiger partial charge on any atom is -0.476 e. The first-order chi connectivity index (χ1) is 16.2. The molecule has 3 aromatic rings. The second kappa shape index (κ2) is 9.31. The lowest BCUT2D eigenvalue weighted by atomic mass is 10.1. The second-order valence-corrected chi connectivity index (χ2v) is 7.68. The van der Waals surface area contributed by atoms with Crippen LogP contribution in [-0.2, 0) is 6.54 Å². The molecule has 0 aliphatic rings. The highest BCUT2D eigenvalue weighted by atomic mass is 19.4. The first-order valence-electron chi connectivity index (χ1n) is 9.93. The zero-order chi connectivity index (χ0) is 26.2. The largest absolute Gasteiger partial charge is 0.476 e. The van der Waals surface area contributed by atoms with Crippen LogP contribution in [0.2, 0.25) is 0 Å². The van der Waals surface area contributed by atoms with Gasteiger partial charge in [0.2, 0.25) is 0 Å². The van der Waals surface area contributed by atoms with Gasteiger partial charge in [-0.3, -0.25) is 4.79 Å². The van der Waals surface area contributed by atoms with Crippen LogP contribution < -0.4 is 11.1 Å². The van der Waals surface area contributed by atoms with Crippen molar-refractivity contribution in [2.45, 2.75) is 32.5 Å². The number of amides is 1. The standard InChI is InChI=1S/C22H18F6N4O3/c1-9-3-4-12(23)7-13(9)20(33)30-8-11-5-14(24)18(15(25)6-11)32-19(21(34)35)16(29)17(31-32)10(2)22(26,27)28/h3-7,10H,8,29H2,1-2H3,(H,30,33)(H,34,35). The van der Waals surface area contributed by atoms with Gasteiger partial charge in [-0.15, -0.1) is 0 Å². The molecule has 0 fully saturated rings. The van der Waals surface area contributed by atoms with Gasteiger partial charge in [0.05, 0.1) is 17.3 Å². The van der Waals surface area contributed by atoms with E-state index in [0.29, 0.717) is 12.5 Å².